The first-order chi connectivity index (χ1) is 7.94. The van der Waals surface area contributed by atoms with Gasteiger partial charge in [-0.2, -0.15) is 0 Å². The molecule has 2 aliphatic rings. The van der Waals surface area contributed by atoms with Crippen LogP contribution in [0.25, 0.3) is 0 Å². The normalized spacial score (nSPS) is 38.5. The molecule has 3 atom stereocenters. The van der Waals surface area contributed by atoms with E-state index in [1.165, 1.54) is 17.6 Å². The van der Waals surface area contributed by atoms with Gasteiger partial charge < -0.3 is 10.2 Å². The summed E-state index contributed by atoms with van der Waals surface area (Å²) in [6.07, 6.45) is 4.96. The van der Waals surface area contributed by atoms with E-state index in [2.05, 4.69) is 13.8 Å². The van der Waals surface area contributed by atoms with Crippen LogP contribution in [0.3, 0.4) is 0 Å². The quantitative estimate of drug-likeness (QED) is 0.726. The SMILES string of the molecule is CC(C)[C@H]1CCC(CO)=C2CC[C@](C)(O)C[C@@H]21. The van der Waals surface area contributed by atoms with E-state index in [0.29, 0.717) is 17.8 Å². The highest BCUT2D eigenvalue weighted by atomic mass is 16.3. The van der Waals surface area contributed by atoms with E-state index >= 15 is 0 Å². The van der Waals surface area contributed by atoms with Crippen molar-refractivity contribution in [3.63, 3.8) is 0 Å². The number of rotatable bonds is 2. The van der Waals surface area contributed by atoms with Gasteiger partial charge in [-0.15, -0.1) is 0 Å². The fraction of sp³-hybridized carbons (Fsp3) is 0.867. The highest BCUT2D eigenvalue weighted by Gasteiger charge is 2.40. The van der Waals surface area contributed by atoms with Crippen LogP contribution in [-0.2, 0) is 0 Å². The first-order valence-corrected chi connectivity index (χ1v) is 6.98. The minimum Gasteiger partial charge on any atom is -0.392 e. The van der Waals surface area contributed by atoms with Crippen LogP contribution in [0.1, 0.15) is 52.9 Å². The predicted octanol–water partition coefficient (Wildman–Crippen LogP) is 2.89. The van der Waals surface area contributed by atoms with Gasteiger partial charge in [-0.05, 0) is 62.4 Å². The van der Waals surface area contributed by atoms with E-state index in [-0.39, 0.29) is 6.61 Å². The van der Waals surface area contributed by atoms with Gasteiger partial charge >= 0.3 is 0 Å². The van der Waals surface area contributed by atoms with Crippen LogP contribution in [-0.4, -0.2) is 22.4 Å². The Hall–Kier alpha value is -0.340. The highest BCUT2D eigenvalue weighted by molar-refractivity contribution is 5.25. The van der Waals surface area contributed by atoms with Gasteiger partial charge in [-0.25, -0.2) is 0 Å². The lowest BCUT2D eigenvalue weighted by molar-refractivity contribution is -0.00253. The molecular weight excluding hydrogens is 212 g/mol. The molecule has 17 heavy (non-hydrogen) atoms. The molecule has 2 rings (SSSR count). The second kappa shape index (κ2) is 4.74. The third-order valence-corrected chi connectivity index (χ3v) is 4.84. The molecule has 0 unspecified atom stereocenters. The van der Waals surface area contributed by atoms with Crippen molar-refractivity contribution >= 4 is 0 Å². The Balaban J connectivity index is 2.28. The average Bonchev–Trinajstić information content (AvgIpc) is 2.25. The lowest BCUT2D eigenvalue weighted by Crippen LogP contribution is -2.40. The largest absolute Gasteiger partial charge is 0.392 e. The van der Waals surface area contributed by atoms with E-state index < -0.39 is 5.60 Å². The fourth-order valence-electron chi connectivity index (χ4n) is 3.82. The van der Waals surface area contributed by atoms with Crippen LogP contribution in [0.5, 0.6) is 0 Å². The van der Waals surface area contributed by atoms with Crippen LogP contribution in [0, 0.1) is 17.8 Å². The van der Waals surface area contributed by atoms with Crippen molar-refractivity contribution in [3.05, 3.63) is 11.1 Å². The topological polar surface area (TPSA) is 40.5 Å². The van der Waals surface area contributed by atoms with E-state index in [9.17, 15) is 10.2 Å². The third kappa shape index (κ3) is 2.58. The van der Waals surface area contributed by atoms with Crippen molar-refractivity contribution in [1.82, 2.24) is 0 Å². The lowest BCUT2D eigenvalue weighted by atomic mass is 9.62. The Kier molecular flexibility index (Phi) is 3.65. The molecule has 0 bridgehead atoms. The maximum atomic E-state index is 10.3. The molecule has 1 fully saturated rings. The zero-order chi connectivity index (χ0) is 12.6. The van der Waals surface area contributed by atoms with Gasteiger partial charge in [0.2, 0.25) is 0 Å². The summed E-state index contributed by atoms with van der Waals surface area (Å²) in [4.78, 5) is 0. The van der Waals surface area contributed by atoms with Crippen molar-refractivity contribution in [1.29, 1.82) is 0 Å². The second-order valence-corrected chi connectivity index (χ2v) is 6.54. The summed E-state index contributed by atoms with van der Waals surface area (Å²) in [5.74, 6) is 1.87. The van der Waals surface area contributed by atoms with Crippen molar-refractivity contribution < 1.29 is 10.2 Å². The molecule has 0 aromatic rings. The van der Waals surface area contributed by atoms with Gasteiger partial charge in [0, 0.05) is 0 Å². The first-order valence-electron chi connectivity index (χ1n) is 6.98. The highest BCUT2D eigenvalue weighted by Crippen LogP contribution is 2.48. The number of hydrogen-bond donors (Lipinski definition) is 2. The minimum atomic E-state index is -0.501. The molecular formula is C15H26O2. The Morgan fingerprint density at radius 2 is 2.06 bits per heavy atom. The van der Waals surface area contributed by atoms with E-state index in [4.69, 9.17) is 0 Å². The lowest BCUT2D eigenvalue weighted by Gasteiger charge is -2.45. The van der Waals surface area contributed by atoms with Gasteiger partial charge in [0.05, 0.1) is 12.2 Å². The zero-order valence-electron chi connectivity index (χ0n) is 11.4. The second-order valence-electron chi connectivity index (χ2n) is 6.54. The summed E-state index contributed by atoms with van der Waals surface area (Å²) in [5, 5.41) is 19.8. The zero-order valence-corrected chi connectivity index (χ0v) is 11.4. The maximum absolute atomic E-state index is 10.3. The molecule has 0 saturated heterocycles. The molecule has 0 aromatic carbocycles. The number of aliphatic hydroxyl groups is 2. The van der Waals surface area contributed by atoms with Crippen molar-refractivity contribution in [3.8, 4) is 0 Å². The molecule has 0 radical (unpaired) electrons. The average molecular weight is 238 g/mol. The summed E-state index contributed by atoms with van der Waals surface area (Å²) < 4.78 is 0. The molecule has 0 amide bonds. The van der Waals surface area contributed by atoms with E-state index in [1.807, 2.05) is 6.92 Å². The number of hydrogen-bond acceptors (Lipinski definition) is 2. The Morgan fingerprint density at radius 3 is 2.65 bits per heavy atom. The van der Waals surface area contributed by atoms with Crippen LogP contribution in [0.4, 0.5) is 0 Å². The predicted molar refractivity (Wildman–Crippen MR) is 69.6 cm³/mol. The maximum Gasteiger partial charge on any atom is 0.0644 e. The summed E-state index contributed by atoms with van der Waals surface area (Å²) >= 11 is 0. The summed E-state index contributed by atoms with van der Waals surface area (Å²) in [6.45, 7) is 6.76. The summed E-state index contributed by atoms with van der Waals surface area (Å²) in [7, 11) is 0. The summed E-state index contributed by atoms with van der Waals surface area (Å²) in [5.41, 5.74) is 2.24. The number of allylic oxidation sites excluding steroid dienone is 1. The Labute approximate surface area is 105 Å². The molecule has 0 spiro atoms. The standard InChI is InChI=1S/C15H26O2/c1-10(2)12-5-4-11(9-16)13-6-7-15(3,17)8-14(12)13/h10,12,14,16-17H,4-9H2,1-3H3/t12-,14-,15+/m1/s1. The molecule has 0 aromatic heterocycles. The molecule has 0 heterocycles. The molecule has 2 heteroatoms. The summed E-state index contributed by atoms with van der Waals surface area (Å²) in [6, 6.07) is 0. The third-order valence-electron chi connectivity index (χ3n) is 4.84. The molecule has 1 saturated carbocycles. The molecule has 2 aliphatic carbocycles. The monoisotopic (exact) mass is 238 g/mol. The van der Waals surface area contributed by atoms with Crippen LogP contribution < -0.4 is 0 Å². The fourth-order valence-corrected chi connectivity index (χ4v) is 3.82. The van der Waals surface area contributed by atoms with Crippen LogP contribution >= 0.6 is 0 Å². The van der Waals surface area contributed by atoms with E-state index in [0.717, 1.165) is 25.7 Å². The van der Waals surface area contributed by atoms with Gasteiger partial charge in [-0.3, -0.25) is 0 Å². The van der Waals surface area contributed by atoms with E-state index in [1.54, 1.807) is 0 Å². The van der Waals surface area contributed by atoms with Crippen molar-refractivity contribution in [2.45, 2.75) is 58.5 Å². The number of aliphatic hydroxyl groups excluding tert-OH is 1. The van der Waals surface area contributed by atoms with Gasteiger partial charge in [0.25, 0.3) is 0 Å². The van der Waals surface area contributed by atoms with Crippen LogP contribution in [0.2, 0.25) is 0 Å². The Morgan fingerprint density at radius 1 is 1.35 bits per heavy atom. The van der Waals surface area contributed by atoms with Crippen molar-refractivity contribution in [2.75, 3.05) is 6.61 Å². The minimum absolute atomic E-state index is 0.221. The van der Waals surface area contributed by atoms with Gasteiger partial charge in [0.15, 0.2) is 0 Å². The smallest absolute Gasteiger partial charge is 0.0644 e. The van der Waals surface area contributed by atoms with Crippen LogP contribution in [0.15, 0.2) is 11.1 Å². The Bertz CT molecular complexity index is 315. The molecule has 2 N–H and O–H groups in total. The van der Waals surface area contributed by atoms with Gasteiger partial charge in [0.1, 0.15) is 0 Å². The molecule has 0 aliphatic heterocycles. The van der Waals surface area contributed by atoms with Gasteiger partial charge in [-0.1, -0.05) is 19.4 Å². The molecule has 2 nitrogen and oxygen atoms in total. The first kappa shape index (κ1) is 13.1. The van der Waals surface area contributed by atoms with Crippen molar-refractivity contribution in [2.24, 2.45) is 17.8 Å². The number of fused-ring (bicyclic) bond motifs is 1. The molecule has 98 valence electrons.